The number of rotatable bonds is 10. The number of hydrogen-bond donors (Lipinski definition) is 1. The van der Waals surface area contributed by atoms with Gasteiger partial charge in [-0.05, 0) is 47.5 Å². The number of ether oxygens (including phenoxy) is 2. The Morgan fingerprint density at radius 1 is 1.00 bits per heavy atom. The zero-order valence-electron chi connectivity index (χ0n) is 18.8. The summed E-state index contributed by atoms with van der Waals surface area (Å²) in [5, 5.41) is 2.90. The van der Waals surface area contributed by atoms with Crippen molar-refractivity contribution in [2.45, 2.75) is 26.0 Å². The number of oxazole rings is 1. The average Bonchev–Trinajstić information content (AvgIpc) is 3.35. The number of aryl methyl sites for hydroxylation is 1. The number of nitrogens with one attached hydrogen (secondary N) is 1. The lowest BCUT2D eigenvalue weighted by atomic mass is 10.2. The minimum atomic E-state index is -0.313. The Hall–Kier alpha value is -4.13. The highest BCUT2D eigenvalue weighted by molar-refractivity contribution is 5.76. The minimum Gasteiger partial charge on any atom is -0.493 e. The summed E-state index contributed by atoms with van der Waals surface area (Å²) in [6.07, 6.45) is 2.18. The van der Waals surface area contributed by atoms with E-state index in [1.54, 1.807) is 25.4 Å². The van der Waals surface area contributed by atoms with Gasteiger partial charge in [0.15, 0.2) is 23.1 Å². The van der Waals surface area contributed by atoms with Crippen molar-refractivity contribution in [3.05, 3.63) is 102 Å². The number of methoxy groups -OCH3 is 1. The predicted molar refractivity (Wildman–Crippen MR) is 126 cm³/mol. The molecule has 0 atom stereocenters. The van der Waals surface area contributed by atoms with Gasteiger partial charge in [-0.15, -0.1) is 0 Å². The van der Waals surface area contributed by atoms with Crippen molar-refractivity contribution in [1.29, 1.82) is 0 Å². The second-order valence-electron chi connectivity index (χ2n) is 7.66. The highest BCUT2D eigenvalue weighted by Crippen LogP contribution is 2.29. The highest BCUT2D eigenvalue weighted by atomic mass is 19.1. The molecule has 0 radical (unpaired) electrons. The Morgan fingerprint density at radius 3 is 2.56 bits per heavy atom. The first-order valence-corrected chi connectivity index (χ1v) is 10.9. The minimum absolute atomic E-state index is 0.120. The Labute approximate surface area is 197 Å². The summed E-state index contributed by atoms with van der Waals surface area (Å²) in [5.74, 6) is 1.81. The van der Waals surface area contributed by atoms with E-state index in [0.717, 1.165) is 16.7 Å². The van der Waals surface area contributed by atoms with E-state index in [2.05, 4.69) is 10.3 Å². The highest BCUT2D eigenvalue weighted by Gasteiger charge is 2.11. The first-order valence-electron chi connectivity index (χ1n) is 10.9. The molecule has 1 amide bonds. The van der Waals surface area contributed by atoms with Crippen LogP contribution in [-0.4, -0.2) is 18.0 Å². The summed E-state index contributed by atoms with van der Waals surface area (Å²) >= 11 is 0. The van der Waals surface area contributed by atoms with E-state index in [-0.39, 0.29) is 18.1 Å². The third-order valence-corrected chi connectivity index (χ3v) is 5.20. The van der Waals surface area contributed by atoms with Gasteiger partial charge in [0.25, 0.3) is 0 Å². The maximum atomic E-state index is 13.1. The maximum Gasteiger partial charge on any atom is 0.220 e. The molecule has 4 aromatic rings. The van der Waals surface area contributed by atoms with Crippen LogP contribution in [0.1, 0.15) is 23.4 Å². The van der Waals surface area contributed by atoms with Crippen LogP contribution in [-0.2, 0) is 24.4 Å². The second kappa shape index (κ2) is 11.1. The van der Waals surface area contributed by atoms with Gasteiger partial charge in [-0.1, -0.05) is 36.4 Å². The monoisotopic (exact) mass is 460 g/mol. The molecule has 6 nitrogen and oxygen atoms in total. The number of benzene rings is 3. The summed E-state index contributed by atoms with van der Waals surface area (Å²) < 4.78 is 30.1. The topological polar surface area (TPSA) is 73.6 Å². The number of hydrogen-bond acceptors (Lipinski definition) is 5. The molecule has 1 heterocycles. The number of carbonyl (C=O) groups excluding carboxylic acids is 1. The lowest BCUT2D eigenvalue weighted by molar-refractivity contribution is -0.121. The fourth-order valence-corrected chi connectivity index (χ4v) is 3.36. The molecule has 0 aliphatic carbocycles. The molecule has 0 saturated heterocycles. The molecule has 7 heteroatoms. The van der Waals surface area contributed by atoms with Crippen LogP contribution in [0.2, 0.25) is 0 Å². The van der Waals surface area contributed by atoms with Gasteiger partial charge >= 0.3 is 0 Å². The molecule has 1 N–H and O–H groups in total. The Balaban J connectivity index is 1.26. The Kier molecular flexibility index (Phi) is 7.55. The summed E-state index contributed by atoms with van der Waals surface area (Å²) in [6, 6.07) is 21.5. The van der Waals surface area contributed by atoms with E-state index in [1.807, 2.05) is 48.5 Å². The van der Waals surface area contributed by atoms with Gasteiger partial charge in [0.2, 0.25) is 5.91 Å². The first kappa shape index (κ1) is 23.0. The normalized spacial score (nSPS) is 10.6. The van der Waals surface area contributed by atoms with E-state index >= 15 is 0 Å². The first-order chi connectivity index (χ1) is 16.6. The molecule has 0 aliphatic rings. The number of halogens is 1. The van der Waals surface area contributed by atoms with Gasteiger partial charge in [-0.3, -0.25) is 4.79 Å². The zero-order valence-corrected chi connectivity index (χ0v) is 18.8. The molecule has 0 bridgehead atoms. The predicted octanol–water partition coefficient (Wildman–Crippen LogP) is 5.32. The molecular formula is C27H25FN2O4. The van der Waals surface area contributed by atoms with Crippen LogP contribution < -0.4 is 14.8 Å². The molecule has 0 aliphatic heterocycles. The molecule has 0 fully saturated rings. The molecule has 4 rings (SSSR count). The number of aromatic nitrogens is 1. The molecule has 34 heavy (non-hydrogen) atoms. The summed E-state index contributed by atoms with van der Waals surface area (Å²) in [6.45, 7) is 0.803. The van der Waals surface area contributed by atoms with Crippen LogP contribution in [0.3, 0.4) is 0 Å². The summed E-state index contributed by atoms with van der Waals surface area (Å²) in [5.41, 5.74) is 2.69. The van der Waals surface area contributed by atoms with Crippen molar-refractivity contribution in [3.63, 3.8) is 0 Å². The van der Waals surface area contributed by atoms with Crippen molar-refractivity contribution in [3.8, 4) is 22.8 Å². The van der Waals surface area contributed by atoms with E-state index in [4.69, 9.17) is 13.9 Å². The molecule has 0 unspecified atom stereocenters. The van der Waals surface area contributed by atoms with Gasteiger partial charge in [0.1, 0.15) is 12.4 Å². The SMILES string of the molecule is COc1cc(CNC(=O)CCc2ncc(-c3ccc(F)cc3)o2)ccc1OCc1ccccc1. The smallest absolute Gasteiger partial charge is 0.220 e. The number of amides is 1. The van der Waals surface area contributed by atoms with Crippen molar-refractivity contribution in [2.24, 2.45) is 0 Å². The van der Waals surface area contributed by atoms with Gasteiger partial charge in [-0.2, -0.15) is 0 Å². The molecule has 0 saturated carbocycles. The quantitative estimate of drug-likeness (QED) is 0.347. The second-order valence-corrected chi connectivity index (χ2v) is 7.66. The average molecular weight is 461 g/mol. The summed E-state index contributed by atoms with van der Waals surface area (Å²) in [7, 11) is 1.59. The Morgan fingerprint density at radius 2 is 1.79 bits per heavy atom. The van der Waals surface area contributed by atoms with Crippen LogP contribution in [0.5, 0.6) is 11.5 Å². The van der Waals surface area contributed by atoms with Crippen LogP contribution in [0.25, 0.3) is 11.3 Å². The van der Waals surface area contributed by atoms with E-state index in [1.165, 1.54) is 12.1 Å². The standard InChI is InChI=1S/C27H25FN2O4/c1-32-24-15-20(7-12-23(24)33-18-19-5-3-2-4-6-19)16-29-26(31)13-14-27-30-17-25(34-27)21-8-10-22(28)11-9-21/h2-12,15,17H,13-14,16,18H2,1H3,(H,29,31). The number of nitrogens with zero attached hydrogens (tertiary/aromatic N) is 1. The van der Waals surface area contributed by atoms with Gasteiger partial charge in [0, 0.05) is 24.9 Å². The largest absolute Gasteiger partial charge is 0.493 e. The lowest BCUT2D eigenvalue weighted by Crippen LogP contribution is -2.23. The Bertz CT molecular complexity index is 1220. The molecule has 174 valence electrons. The van der Waals surface area contributed by atoms with E-state index in [9.17, 15) is 9.18 Å². The van der Waals surface area contributed by atoms with Crippen LogP contribution in [0, 0.1) is 5.82 Å². The van der Waals surface area contributed by atoms with Crippen LogP contribution >= 0.6 is 0 Å². The van der Waals surface area contributed by atoms with Crippen molar-refractivity contribution in [1.82, 2.24) is 10.3 Å². The van der Waals surface area contributed by atoms with Gasteiger partial charge in [0.05, 0.1) is 13.3 Å². The van der Waals surface area contributed by atoms with Gasteiger partial charge in [-0.25, -0.2) is 9.37 Å². The maximum absolute atomic E-state index is 13.1. The number of carbonyl (C=O) groups is 1. The van der Waals surface area contributed by atoms with Crippen molar-refractivity contribution in [2.75, 3.05) is 7.11 Å². The lowest BCUT2D eigenvalue weighted by Gasteiger charge is -2.13. The summed E-state index contributed by atoms with van der Waals surface area (Å²) in [4.78, 5) is 16.5. The molecular weight excluding hydrogens is 435 g/mol. The molecule has 0 spiro atoms. The van der Waals surface area contributed by atoms with Crippen molar-refractivity contribution < 1.29 is 23.1 Å². The third kappa shape index (κ3) is 6.22. The third-order valence-electron chi connectivity index (χ3n) is 5.20. The van der Waals surface area contributed by atoms with Crippen molar-refractivity contribution >= 4 is 5.91 Å². The molecule has 3 aromatic carbocycles. The zero-order chi connectivity index (χ0) is 23.8. The van der Waals surface area contributed by atoms with Gasteiger partial charge < -0.3 is 19.2 Å². The van der Waals surface area contributed by atoms with Crippen LogP contribution in [0.15, 0.2) is 83.4 Å². The van der Waals surface area contributed by atoms with E-state index < -0.39 is 0 Å². The fourth-order valence-electron chi connectivity index (χ4n) is 3.36. The van der Waals surface area contributed by atoms with Crippen LogP contribution in [0.4, 0.5) is 4.39 Å². The fraction of sp³-hybridized carbons (Fsp3) is 0.185. The van der Waals surface area contributed by atoms with E-state index in [0.29, 0.717) is 42.7 Å². The molecule has 1 aromatic heterocycles.